The van der Waals surface area contributed by atoms with E-state index < -0.39 is 10.5 Å². The van der Waals surface area contributed by atoms with E-state index in [1.54, 1.807) is 39.8 Å². The number of nitro groups is 1. The lowest BCUT2D eigenvalue weighted by molar-refractivity contribution is -0.385. The minimum absolute atomic E-state index is 0.0112. The number of carbonyl (C=O) groups is 2. The molecule has 0 fully saturated rings. The molecule has 0 bridgehead atoms. The molecule has 0 saturated heterocycles. The van der Waals surface area contributed by atoms with Crippen LogP contribution in [0.15, 0.2) is 24.3 Å². The molecule has 0 aliphatic carbocycles. The summed E-state index contributed by atoms with van der Waals surface area (Å²) in [4.78, 5) is 35.9. The van der Waals surface area contributed by atoms with Gasteiger partial charge in [0.25, 0.3) is 5.69 Å². The van der Waals surface area contributed by atoms with Gasteiger partial charge in [0, 0.05) is 25.0 Å². The molecule has 120 valence electrons. The zero-order valence-corrected chi connectivity index (χ0v) is 13.6. The van der Waals surface area contributed by atoms with Crippen LogP contribution in [0.5, 0.6) is 0 Å². The van der Waals surface area contributed by atoms with Crippen LogP contribution in [0.3, 0.4) is 0 Å². The van der Waals surface area contributed by atoms with E-state index in [4.69, 9.17) is 0 Å². The number of carbonyl (C=O) groups excluding carboxylic acids is 2. The smallest absolute Gasteiger partial charge is 0.269 e. The second-order valence-corrected chi connectivity index (χ2v) is 6.09. The van der Waals surface area contributed by atoms with Crippen LogP contribution in [0.2, 0.25) is 0 Å². The number of amides is 1. The fourth-order valence-electron chi connectivity index (χ4n) is 2.20. The van der Waals surface area contributed by atoms with Crippen LogP contribution in [0, 0.1) is 16.0 Å². The topological polar surface area (TPSA) is 80.5 Å². The lowest BCUT2D eigenvalue weighted by atomic mass is 9.90. The highest BCUT2D eigenvalue weighted by Gasteiger charge is 2.33. The largest absolute Gasteiger partial charge is 0.326 e. The first-order valence-corrected chi connectivity index (χ1v) is 7.13. The first-order valence-electron chi connectivity index (χ1n) is 7.13. The molecule has 0 unspecified atom stereocenters. The second-order valence-electron chi connectivity index (χ2n) is 6.09. The highest BCUT2D eigenvalue weighted by molar-refractivity contribution is 5.87. The molecule has 0 radical (unpaired) electrons. The summed E-state index contributed by atoms with van der Waals surface area (Å²) in [6.45, 7) is 8.50. The molecule has 0 aliphatic heterocycles. The minimum Gasteiger partial charge on any atom is -0.326 e. The minimum atomic E-state index is -0.817. The quantitative estimate of drug-likeness (QED) is 0.598. The van der Waals surface area contributed by atoms with Crippen molar-refractivity contribution in [2.75, 3.05) is 6.54 Å². The Bertz CT molecular complexity index is 594. The van der Waals surface area contributed by atoms with Crippen molar-refractivity contribution in [2.24, 2.45) is 5.92 Å². The Morgan fingerprint density at radius 3 is 2.36 bits per heavy atom. The second kappa shape index (κ2) is 6.68. The Hall–Kier alpha value is -2.24. The maximum absolute atomic E-state index is 12.0. The SMILES string of the molecule is CC(=O)N(CC(=O)C(C)C)C(C)(C)c1cccc([N+](=O)[O-])c1. The van der Waals surface area contributed by atoms with E-state index >= 15 is 0 Å². The Labute approximate surface area is 130 Å². The third kappa shape index (κ3) is 3.90. The fourth-order valence-corrected chi connectivity index (χ4v) is 2.20. The molecule has 0 aromatic heterocycles. The van der Waals surface area contributed by atoms with Gasteiger partial charge in [-0.1, -0.05) is 26.0 Å². The Kier molecular flexibility index (Phi) is 5.41. The molecular formula is C16H22N2O4. The maximum Gasteiger partial charge on any atom is 0.269 e. The van der Waals surface area contributed by atoms with Crippen LogP contribution < -0.4 is 0 Å². The number of hydrogen-bond donors (Lipinski definition) is 0. The van der Waals surface area contributed by atoms with E-state index in [0.29, 0.717) is 5.56 Å². The first-order chi connectivity index (χ1) is 10.1. The van der Waals surface area contributed by atoms with Gasteiger partial charge >= 0.3 is 0 Å². The van der Waals surface area contributed by atoms with E-state index in [0.717, 1.165) is 0 Å². The molecule has 1 rings (SSSR count). The number of nitrogens with zero attached hydrogens (tertiary/aromatic N) is 2. The van der Waals surface area contributed by atoms with Gasteiger partial charge in [-0.15, -0.1) is 0 Å². The highest BCUT2D eigenvalue weighted by Crippen LogP contribution is 2.30. The molecule has 0 N–H and O–H groups in total. The molecule has 22 heavy (non-hydrogen) atoms. The Morgan fingerprint density at radius 1 is 1.32 bits per heavy atom. The monoisotopic (exact) mass is 306 g/mol. The Balaban J connectivity index is 3.21. The average molecular weight is 306 g/mol. The van der Waals surface area contributed by atoms with Crippen molar-refractivity contribution >= 4 is 17.4 Å². The molecule has 1 aromatic rings. The predicted octanol–water partition coefficient (Wildman–Crippen LogP) is 2.90. The summed E-state index contributed by atoms with van der Waals surface area (Å²) in [5, 5.41) is 10.9. The van der Waals surface area contributed by atoms with E-state index in [2.05, 4.69) is 0 Å². The summed E-state index contributed by atoms with van der Waals surface area (Å²) < 4.78 is 0. The van der Waals surface area contributed by atoms with Crippen LogP contribution in [0.25, 0.3) is 0 Å². The number of benzene rings is 1. The molecule has 0 saturated carbocycles. The summed E-state index contributed by atoms with van der Waals surface area (Å²) >= 11 is 0. The van der Waals surface area contributed by atoms with E-state index in [-0.39, 0.29) is 29.8 Å². The van der Waals surface area contributed by atoms with Crippen molar-refractivity contribution < 1.29 is 14.5 Å². The van der Waals surface area contributed by atoms with Crippen molar-refractivity contribution in [3.8, 4) is 0 Å². The van der Waals surface area contributed by atoms with Gasteiger partial charge in [0.05, 0.1) is 17.0 Å². The molecule has 0 aliphatic rings. The van der Waals surface area contributed by atoms with Crippen molar-refractivity contribution in [3.63, 3.8) is 0 Å². The van der Waals surface area contributed by atoms with E-state index in [1.807, 2.05) is 0 Å². The standard InChI is InChI=1S/C16H22N2O4/c1-11(2)15(20)10-17(12(3)19)16(4,5)13-7-6-8-14(9-13)18(21)22/h6-9,11H,10H2,1-5H3. The van der Waals surface area contributed by atoms with Crippen molar-refractivity contribution in [3.05, 3.63) is 39.9 Å². The summed E-state index contributed by atoms with van der Waals surface area (Å²) in [6.07, 6.45) is 0. The van der Waals surface area contributed by atoms with Crippen molar-refractivity contribution in [1.82, 2.24) is 4.90 Å². The number of ketones is 1. The van der Waals surface area contributed by atoms with Crippen LogP contribution in [-0.4, -0.2) is 28.1 Å². The molecule has 1 amide bonds. The molecule has 6 heteroatoms. The third-order valence-corrected chi connectivity index (χ3v) is 3.78. The summed E-state index contributed by atoms with van der Waals surface area (Å²) in [5.74, 6) is -0.470. The summed E-state index contributed by atoms with van der Waals surface area (Å²) in [5.41, 5.74) is -0.236. The number of Topliss-reactive ketones (excluding diaryl/α,β-unsaturated/α-hetero) is 1. The van der Waals surface area contributed by atoms with Gasteiger partial charge in [0.2, 0.25) is 5.91 Å². The molecule has 1 aromatic carbocycles. The number of nitro benzene ring substituents is 1. The van der Waals surface area contributed by atoms with Crippen LogP contribution in [0.1, 0.15) is 40.2 Å². The summed E-state index contributed by atoms with van der Waals surface area (Å²) in [6, 6.07) is 6.15. The van der Waals surface area contributed by atoms with Gasteiger partial charge < -0.3 is 4.90 Å². The number of hydrogen-bond acceptors (Lipinski definition) is 4. The number of rotatable bonds is 6. The lowest BCUT2D eigenvalue weighted by Crippen LogP contribution is -2.47. The fraction of sp³-hybridized carbons (Fsp3) is 0.500. The van der Waals surface area contributed by atoms with Crippen LogP contribution in [-0.2, 0) is 15.1 Å². The van der Waals surface area contributed by atoms with E-state index in [1.165, 1.54) is 24.0 Å². The van der Waals surface area contributed by atoms with Crippen molar-refractivity contribution in [2.45, 2.75) is 40.2 Å². The summed E-state index contributed by atoms with van der Waals surface area (Å²) in [7, 11) is 0. The first kappa shape index (κ1) is 17.8. The zero-order chi connectivity index (χ0) is 17.1. The van der Waals surface area contributed by atoms with Gasteiger partial charge in [-0.05, 0) is 19.4 Å². The van der Waals surface area contributed by atoms with Gasteiger partial charge in [-0.3, -0.25) is 19.7 Å². The van der Waals surface area contributed by atoms with Crippen LogP contribution in [0.4, 0.5) is 5.69 Å². The van der Waals surface area contributed by atoms with Gasteiger partial charge in [0.15, 0.2) is 5.78 Å². The molecule has 0 atom stereocenters. The van der Waals surface area contributed by atoms with Gasteiger partial charge in [-0.2, -0.15) is 0 Å². The van der Waals surface area contributed by atoms with E-state index in [9.17, 15) is 19.7 Å². The molecule has 0 heterocycles. The molecular weight excluding hydrogens is 284 g/mol. The van der Waals surface area contributed by atoms with Crippen LogP contribution >= 0.6 is 0 Å². The van der Waals surface area contributed by atoms with Gasteiger partial charge in [-0.25, -0.2) is 0 Å². The average Bonchev–Trinajstić information content (AvgIpc) is 2.43. The van der Waals surface area contributed by atoms with Gasteiger partial charge in [0.1, 0.15) is 0 Å². The lowest BCUT2D eigenvalue weighted by Gasteiger charge is -2.38. The van der Waals surface area contributed by atoms with Crippen molar-refractivity contribution in [1.29, 1.82) is 0 Å². The molecule has 6 nitrogen and oxygen atoms in total. The third-order valence-electron chi connectivity index (χ3n) is 3.78. The predicted molar refractivity (Wildman–Crippen MR) is 83.4 cm³/mol. The normalized spacial score (nSPS) is 11.4. The number of non-ortho nitro benzene ring substituents is 1. The Morgan fingerprint density at radius 2 is 1.91 bits per heavy atom. The molecule has 0 spiro atoms. The highest BCUT2D eigenvalue weighted by atomic mass is 16.6. The zero-order valence-electron chi connectivity index (χ0n) is 13.6. The maximum atomic E-state index is 12.0.